The molecule has 0 bridgehead atoms. The Kier molecular flexibility index (Phi) is 3.98. The molecular formula is C15H15FN2O2S. The molecule has 1 aliphatic heterocycles. The van der Waals surface area contributed by atoms with Gasteiger partial charge in [0.2, 0.25) is 0 Å². The lowest BCUT2D eigenvalue weighted by Crippen LogP contribution is -2.31. The minimum atomic E-state index is -0.773. The van der Waals surface area contributed by atoms with Crippen molar-refractivity contribution in [3.05, 3.63) is 40.7 Å². The van der Waals surface area contributed by atoms with E-state index in [4.69, 9.17) is 5.11 Å². The van der Waals surface area contributed by atoms with Gasteiger partial charge in [-0.15, -0.1) is 11.3 Å². The quantitative estimate of drug-likeness (QED) is 0.943. The average Bonchev–Trinajstić information content (AvgIpc) is 2.88. The number of hydrogen-bond donors (Lipinski definition) is 1. The van der Waals surface area contributed by atoms with Gasteiger partial charge in [0.25, 0.3) is 0 Å². The van der Waals surface area contributed by atoms with Crippen molar-refractivity contribution in [2.75, 3.05) is 13.1 Å². The summed E-state index contributed by atoms with van der Waals surface area (Å²) in [7, 11) is 0. The summed E-state index contributed by atoms with van der Waals surface area (Å²) in [6, 6.07) is 6.46. The summed E-state index contributed by atoms with van der Waals surface area (Å²) in [5.74, 6) is -1.03. The molecule has 0 unspecified atom stereocenters. The zero-order chi connectivity index (χ0) is 14.8. The van der Waals surface area contributed by atoms with Gasteiger partial charge in [0.1, 0.15) is 10.8 Å². The van der Waals surface area contributed by atoms with Crippen LogP contribution in [0.25, 0.3) is 10.6 Å². The third-order valence-electron chi connectivity index (χ3n) is 3.52. The molecule has 1 aromatic heterocycles. The number of aliphatic carboxylic acids is 1. The van der Waals surface area contributed by atoms with Gasteiger partial charge in [-0.2, -0.15) is 0 Å². The number of thiazole rings is 1. The molecule has 6 heteroatoms. The zero-order valence-corrected chi connectivity index (χ0v) is 12.2. The number of rotatable bonds is 4. The number of carbonyl (C=O) groups is 1. The molecule has 0 radical (unpaired) electrons. The molecule has 0 saturated carbocycles. The van der Waals surface area contributed by atoms with E-state index in [1.807, 2.05) is 6.07 Å². The Bertz CT molecular complexity index is 671. The topological polar surface area (TPSA) is 53.4 Å². The molecule has 0 atom stereocenters. The molecule has 1 N–H and O–H groups in total. The monoisotopic (exact) mass is 306 g/mol. The Morgan fingerprint density at radius 1 is 1.48 bits per heavy atom. The molecule has 2 aromatic rings. The van der Waals surface area contributed by atoms with Crippen molar-refractivity contribution >= 4 is 17.3 Å². The normalized spacial score (nSPS) is 14.9. The highest BCUT2D eigenvalue weighted by Crippen LogP contribution is 2.31. The van der Waals surface area contributed by atoms with E-state index in [2.05, 4.69) is 9.88 Å². The first-order chi connectivity index (χ1) is 10.1. The lowest BCUT2D eigenvalue weighted by molar-refractivity contribution is -0.137. The van der Waals surface area contributed by atoms with Crippen LogP contribution >= 0.6 is 11.3 Å². The maximum Gasteiger partial charge on any atom is 0.304 e. The highest BCUT2D eigenvalue weighted by Gasteiger charge is 2.21. The van der Waals surface area contributed by atoms with Gasteiger partial charge in [-0.25, -0.2) is 9.37 Å². The fourth-order valence-corrected chi connectivity index (χ4v) is 3.58. The van der Waals surface area contributed by atoms with Crippen molar-refractivity contribution in [2.24, 2.45) is 0 Å². The van der Waals surface area contributed by atoms with Crippen LogP contribution in [0, 0.1) is 5.82 Å². The molecule has 21 heavy (non-hydrogen) atoms. The number of hydrogen-bond acceptors (Lipinski definition) is 4. The molecule has 0 spiro atoms. The van der Waals surface area contributed by atoms with Crippen molar-refractivity contribution in [1.82, 2.24) is 9.88 Å². The molecule has 1 aromatic carbocycles. The first kappa shape index (κ1) is 14.2. The third kappa shape index (κ3) is 3.28. The van der Waals surface area contributed by atoms with Gasteiger partial charge in [-0.1, -0.05) is 12.1 Å². The van der Waals surface area contributed by atoms with Crippen LogP contribution in [0.4, 0.5) is 4.39 Å². The molecule has 4 nitrogen and oxygen atoms in total. The molecule has 3 rings (SSSR count). The molecule has 2 heterocycles. The average molecular weight is 306 g/mol. The number of nitrogens with zero attached hydrogens (tertiary/aromatic N) is 2. The molecule has 0 saturated heterocycles. The van der Waals surface area contributed by atoms with E-state index in [1.54, 1.807) is 17.4 Å². The van der Waals surface area contributed by atoms with E-state index >= 15 is 0 Å². The van der Waals surface area contributed by atoms with Crippen LogP contribution in [-0.4, -0.2) is 34.0 Å². The Morgan fingerprint density at radius 3 is 3.10 bits per heavy atom. The fraction of sp³-hybridized carbons (Fsp3) is 0.333. The van der Waals surface area contributed by atoms with Gasteiger partial charge in [-0.05, 0) is 12.1 Å². The third-order valence-corrected chi connectivity index (χ3v) is 4.66. The predicted octanol–water partition coefficient (Wildman–Crippen LogP) is 2.78. The van der Waals surface area contributed by atoms with Crippen LogP contribution in [0.5, 0.6) is 0 Å². The molecule has 0 aliphatic carbocycles. The van der Waals surface area contributed by atoms with E-state index in [9.17, 15) is 9.18 Å². The number of benzene rings is 1. The molecule has 110 valence electrons. The summed E-state index contributed by atoms with van der Waals surface area (Å²) < 4.78 is 13.3. The zero-order valence-electron chi connectivity index (χ0n) is 11.4. The van der Waals surface area contributed by atoms with Crippen LogP contribution in [0.15, 0.2) is 24.3 Å². The van der Waals surface area contributed by atoms with Crippen LogP contribution < -0.4 is 0 Å². The van der Waals surface area contributed by atoms with E-state index in [1.165, 1.54) is 12.1 Å². The number of aromatic nitrogens is 1. The highest BCUT2D eigenvalue weighted by molar-refractivity contribution is 7.15. The van der Waals surface area contributed by atoms with E-state index in [-0.39, 0.29) is 12.2 Å². The van der Waals surface area contributed by atoms with Crippen molar-refractivity contribution in [1.29, 1.82) is 0 Å². The summed E-state index contributed by atoms with van der Waals surface area (Å²) >= 11 is 1.57. The largest absolute Gasteiger partial charge is 0.481 e. The standard InChI is InChI=1S/C15H15FN2O2S/c16-11-3-1-2-10(8-11)15-17-12-4-6-18(7-5-14(19)20)9-13(12)21-15/h1-3,8H,4-7,9H2,(H,19,20). The second-order valence-electron chi connectivity index (χ2n) is 5.07. The van der Waals surface area contributed by atoms with Gasteiger partial charge in [0.05, 0.1) is 12.1 Å². The van der Waals surface area contributed by atoms with Gasteiger partial charge in [0, 0.05) is 36.5 Å². The van der Waals surface area contributed by atoms with E-state index < -0.39 is 5.97 Å². The Labute approximate surface area is 125 Å². The summed E-state index contributed by atoms with van der Waals surface area (Å²) in [6.07, 6.45) is 0.978. The molecule has 0 amide bonds. The minimum absolute atomic E-state index is 0.158. The smallest absolute Gasteiger partial charge is 0.304 e. The van der Waals surface area contributed by atoms with Gasteiger partial charge < -0.3 is 5.11 Å². The lowest BCUT2D eigenvalue weighted by atomic mass is 10.1. The Balaban J connectivity index is 1.77. The first-order valence-electron chi connectivity index (χ1n) is 6.80. The maximum absolute atomic E-state index is 13.3. The second kappa shape index (κ2) is 5.91. The minimum Gasteiger partial charge on any atom is -0.481 e. The summed E-state index contributed by atoms with van der Waals surface area (Å²) in [5, 5.41) is 9.58. The van der Waals surface area contributed by atoms with Gasteiger partial charge >= 0.3 is 5.97 Å². The second-order valence-corrected chi connectivity index (χ2v) is 6.15. The number of carboxylic acid groups (broad SMARTS) is 1. The predicted molar refractivity (Wildman–Crippen MR) is 78.7 cm³/mol. The van der Waals surface area contributed by atoms with Crippen LogP contribution in [-0.2, 0) is 17.8 Å². The van der Waals surface area contributed by atoms with Crippen molar-refractivity contribution in [3.8, 4) is 10.6 Å². The Hall–Kier alpha value is -1.79. The van der Waals surface area contributed by atoms with Gasteiger partial charge in [-0.3, -0.25) is 9.69 Å². The SMILES string of the molecule is O=C(O)CCN1CCc2nc(-c3cccc(F)c3)sc2C1. The van der Waals surface area contributed by atoms with Crippen LogP contribution in [0.3, 0.4) is 0 Å². The summed E-state index contributed by atoms with van der Waals surface area (Å²) in [4.78, 5) is 18.5. The van der Waals surface area contributed by atoms with Crippen molar-refractivity contribution in [2.45, 2.75) is 19.4 Å². The number of carboxylic acids is 1. The van der Waals surface area contributed by atoms with E-state index in [0.717, 1.165) is 40.7 Å². The van der Waals surface area contributed by atoms with Crippen molar-refractivity contribution in [3.63, 3.8) is 0 Å². The first-order valence-corrected chi connectivity index (χ1v) is 7.62. The fourth-order valence-electron chi connectivity index (χ4n) is 2.44. The van der Waals surface area contributed by atoms with Crippen molar-refractivity contribution < 1.29 is 14.3 Å². The molecule has 1 aliphatic rings. The van der Waals surface area contributed by atoms with Crippen LogP contribution in [0.1, 0.15) is 17.0 Å². The molecule has 0 fully saturated rings. The number of halogens is 1. The lowest BCUT2D eigenvalue weighted by Gasteiger charge is -2.24. The summed E-state index contributed by atoms with van der Waals surface area (Å²) in [6.45, 7) is 2.12. The summed E-state index contributed by atoms with van der Waals surface area (Å²) in [5.41, 5.74) is 1.86. The highest BCUT2D eigenvalue weighted by atomic mass is 32.1. The van der Waals surface area contributed by atoms with E-state index in [0.29, 0.717) is 6.54 Å². The van der Waals surface area contributed by atoms with Crippen LogP contribution in [0.2, 0.25) is 0 Å². The molecular weight excluding hydrogens is 291 g/mol. The Morgan fingerprint density at radius 2 is 2.33 bits per heavy atom. The maximum atomic E-state index is 13.3. The van der Waals surface area contributed by atoms with Gasteiger partial charge in [0.15, 0.2) is 0 Å². The number of fused-ring (bicyclic) bond motifs is 1.